The van der Waals surface area contributed by atoms with E-state index >= 15 is 0 Å². The number of furan rings is 1. The first kappa shape index (κ1) is 11.7. The van der Waals surface area contributed by atoms with Gasteiger partial charge < -0.3 is 9.32 Å². The van der Waals surface area contributed by atoms with Gasteiger partial charge in [0.05, 0.1) is 6.26 Å². The predicted octanol–water partition coefficient (Wildman–Crippen LogP) is 4.01. The predicted molar refractivity (Wildman–Crippen MR) is 80.8 cm³/mol. The molecule has 0 saturated heterocycles. The van der Waals surface area contributed by atoms with Crippen molar-refractivity contribution in [2.45, 2.75) is 12.5 Å². The highest BCUT2D eigenvalue weighted by Gasteiger charge is 2.25. The minimum Gasteiger partial charge on any atom is -0.464 e. The molecule has 2 nitrogen and oxygen atoms in total. The summed E-state index contributed by atoms with van der Waals surface area (Å²) in [6.07, 6.45) is 1.78. The van der Waals surface area contributed by atoms with Gasteiger partial charge in [0.1, 0.15) is 5.58 Å². The van der Waals surface area contributed by atoms with E-state index in [1.165, 1.54) is 22.1 Å². The first-order valence-electron chi connectivity index (χ1n) is 7.05. The van der Waals surface area contributed by atoms with Crippen molar-refractivity contribution < 1.29 is 4.42 Å². The minimum atomic E-state index is 0.448. The lowest BCUT2D eigenvalue weighted by Crippen LogP contribution is -2.30. The SMILES string of the molecule is CN1Cc2cc3occc3cc2[C@@H](c2ccccc2)C1. The van der Waals surface area contributed by atoms with Crippen molar-refractivity contribution in [3.05, 3.63) is 71.5 Å². The van der Waals surface area contributed by atoms with Gasteiger partial charge in [-0.05, 0) is 41.9 Å². The molecular formula is C18H17NO. The maximum atomic E-state index is 5.54. The maximum Gasteiger partial charge on any atom is 0.134 e. The van der Waals surface area contributed by atoms with Crippen LogP contribution in [0.5, 0.6) is 0 Å². The van der Waals surface area contributed by atoms with Crippen LogP contribution in [0.25, 0.3) is 11.0 Å². The zero-order chi connectivity index (χ0) is 13.5. The third kappa shape index (κ3) is 1.84. The Bertz CT molecular complexity index is 744. The number of rotatable bonds is 1. The van der Waals surface area contributed by atoms with Gasteiger partial charge in [0.25, 0.3) is 0 Å². The summed E-state index contributed by atoms with van der Waals surface area (Å²) in [6.45, 7) is 2.07. The number of nitrogens with zero attached hydrogens (tertiary/aromatic N) is 1. The highest BCUT2D eigenvalue weighted by Crippen LogP contribution is 2.35. The van der Waals surface area contributed by atoms with Crippen LogP contribution >= 0.6 is 0 Å². The normalized spacial score (nSPS) is 19.1. The third-order valence-electron chi connectivity index (χ3n) is 4.23. The van der Waals surface area contributed by atoms with Crippen molar-refractivity contribution in [3.8, 4) is 0 Å². The summed E-state index contributed by atoms with van der Waals surface area (Å²) in [5.74, 6) is 0.448. The molecule has 0 unspecified atom stereocenters. The summed E-state index contributed by atoms with van der Waals surface area (Å²) in [5, 5.41) is 1.20. The Hall–Kier alpha value is -2.06. The van der Waals surface area contributed by atoms with Crippen LogP contribution in [-0.2, 0) is 6.54 Å². The van der Waals surface area contributed by atoms with Gasteiger partial charge in [0.2, 0.25) is 0 Å². The summed E-state index contributed by atoms with van der Waals surface area (Å²) in [7, 11) is 2.19. The molecule has 1 aliphatic rings. The molecule has 2 heteroatoms. The van der Waals surface area contributed by atoms with Gasteiger partial charge in [-0.25, -0.2) is 0 Å². The van der Waals surface area contributed by atoms with E-state index in [4.69, 9.17) is 4.42 Å². The molecule has 0 N–H and O–H groups in total. The lowest BCUT2D eigenvalue weighted by Gasteiger charge is -2.32. The first-order chi connectivity index (χ1) is 9.81. The van der Waals surface area contributed by atoms with Crippen molar-refractivity contribution in [3.63, 3.8) is 0 Å². The zero-order valence-electron chi connectivity index (χ0n) is 11.5. The monoisotopic (exact) mass is 263 g/mol. The third-order valence-corrected chi connectivity index (χ3v) is 4.23. The van der Waals surface area contributed by atoms with Gasteiger partial charge in [-0.3, -0.25) is 0 Å². The van der Waals surface area contributed by atoms with Crippen LogP contribution in [0.4, 0.5) is 0 Å². The second-order valence-electron chi connectivity index (χ2n) is 5.67. The Balaban J connectivity index is 1.90. The van der Waals surface area contributed by atoms with Crippen LogP contribution in [0, 0.1) is 0 Å². The van der Waals surface area contributed by atoms with Crippen molar-refractivity contribution in [1.29, 1.82) is 0 Å². The molecule has 20 heavy (non-hydrogen) atoms. The van der Waals surface area contributed by atoms with Gasteiger partial charge in [-0.1, -0.05) is 30.3 Å². The summed E-state index contributed by atoms with van der Waals surface area (Å²) in [5.41, 5.74) is 5.22. The fraction of sp³-hybridized carbons (Fsp3) is 0.222. The van der Waals surface area contributed by atoms with Crippen LogP contribution in [-0.4, -0.2) is 18.5 Å². The molecule has 100 valence electrons. The molecule has 0 spiro atoms. The van der Waals surface area contributed by atoms with Gasteiger partial charge in [0, 0.05) is 24.4 Å². The van der Waals surface area contributed by atoms with Crippen molar-refractivity contribution in [2.75, 3.05) is 13.6 Å². The topological polar surface area (TPSA) is 16.4 Å². The van der Waals surface area contributed by atoms with E-state index in [2.05, 4.69) is 60.5 Å². The Kier molecular flexibility index (Phi) is 2.64. The average Bonchev–Trinajstić information content (AvgIpc) is 2.92. The lowest BCUT2D eigenvalue weighted by molar-refractivity contribution is 0.295. The Morgan fingerprint density at radius 1 is 1.10 bits per heavy atom. The molecule has 0 saturated carbocycles. The number of hydrogen-bond donors (Lipinski definition) is 0. The van der Waals surface area contributed by atoms with E-state index in [0.717, 1.165) is 18.7 Å². The van der Waals surface area contributed by atoms with E-state index < -0.39 is 0 Å². The highest BCUT2D eigenvalue weighted by atomic mass is 16.3. The molecule has 0 radical (unpaired) electrons. The van der Waals surface area contributed by atoms with Gasteiger partial charge in [-0.2, -0.15) is 0 Å². The zero-order valence-corrected chi connectivity index (χ0v) is 11.5. The van der Waals surface area contributed by atoms with E-state index in [9.17, 15) is 0 Å². The molecule has 4 rings (SSSR count). The Labute approximate surface area is 118 Å². The highest BCUT2D eigenvalue weighted by molar-refractivity contribution is 5.79. The number of hydrogen-bond acceptors (Lipinski definition) is 2. The maximum absolute atomic E-state index is 5.54. The van der Waals surface area contributed by atoms with E-state index in [1.54, 1.807) is 6.26 Å². The Morgan fingerprint density at radius 2 is 1.95 bits per heavy atom. The van der Waals surface area contributed by atoms with Gasteiger partial charge in [0.15, 0.2) is 0 Å². The molecule has 1 atom stereocenters. The van der Waals surface area contributed by atoms with Crippen LogP contribution in [0.2, 0.25) is 0 Å². The van der Waals surface area contributed by atoms with Crippen LogP contribution in [0.15, 0.2) is 59.2 Å². The minimum absolute atomic E-state index is 0.448. The van der Waals surface area contributed by atoms with Gasteiger partial charge in [-0.15, -0.1) is 0 Å². The molecule has 0 bridgehead atoms. The fourth-order valence-electron chi connectivity index (χ4n) is 3.27. The standard InChI is InChI=1S/C18H17NO/c1-19-11-15-10-18-14(7-8-20-18)9-16(15)17(12-19)13-5-3-2-4-6-13/h2-10,17H,11-12H2,1H3/t17-/m1/s1. The molecule has 0 amide bonds. The average molecular weight is 263 g/mol. The molecule has 1 aliphatic heterocycles. The van der Waals surface area contributed by atoms with Crippen molar-refractivity contribution >= 4 is 11.0 Å². The molecule has 2 aromatic carbocycles. The summed E-state index contributed by atoms with van der Waals surface area (Å²) >= 11 is 0. The largest absolute Gasteiger partial charge is 0.464 e. The molecule has 0 fully saturated rings. The van der Waals surface area contributed by atoms with Gasteiger partial charge >= 0.3 is 0 Å². The molecule has 0 aliphatic carbocycles. The quantitative estimate of drug-likeness (QED) is 0.659. The number of fused-ring (bicyclic) bond motifs is 2. The summed E-state index contributed by atoms with van der Waals surface area (Å²) in [4.78, 5) is 2.38. The molecule has 2 heterocycles. The Morgan fingerprint density at radius 3 is 2.80 bits per heavy atom. The van der Waals surface area contributed by atoms with E-state index in [0.29, 0.717) is 5.92 Å². The fourth-order valence-corrected chi connectivity index (χ4v) is 3.27. The van der Waals surface area contributed by atoms with Crippen LogP contribution in [0.1, 0.15) is 22.6 Å². The first-order valence-corrected chi connectivity index (χ1v) is 7.05. The number of benzene rings is 2. The lowest BCUT2D eigenvalue weighted by atomic mass is 9.84. The molecular weight excluding hydrogens is 246 g/mol. The molecule has 1 aromatic heterocycles. The summed E-state index contributed by atoms with van der Waals surface area (Å²) in [6, 6.07) is 17.3. The second-order valence-corrected chi connectivity index (χ2v) is 5.67. The smallest absolute Gasteiger partial charge is 0.134 e. The summed E-state index contributed by atoms with van der Waals surface area (Å²) < 4.78 is 5.54. The van der Waals surface area contributed by atoms with Crippen LogP contribution in [0.3, 0.4) is 0 Å². The van der Waals surface area contributed by atoms with E-state index in [1.807, 2.05) is 0 Å². The molecule has 3 aromatic rings. The van der Waals surface area contributed by atoms with Crippen LogP contribution < -0.4 is 0 Å². The second kappa shape index (κ2) is 4.50. The van der Waals surface area contributed by atoms with Crippen molar-refractivity contribution in [1.82, 2.24) is 4.90 Å². The van der Waals surface area contributed by atoms with E-state index in [-0.39, 0.29) is 0 Å². The number of likely N-dealkylation sites (N-methyl/N-ethyl adjacent to an activating group) is 1. The van der Waals surface area contributed by atoms with Crippen molar-refractivity contribution in [2.24, 2.45) is 0 Å².